The van der Waals surface area contributed by atoms with Crippen LogP contribution in [0.15, 0.2) is 48.5 Å². The van der Waals surface area contributed by atoms with Gasteiger partial charge in [-0.15, -0.1) is 0 Å². The molecule has 2 aromatic rings. The number of rotatable bonds is 5. The zero-order valence-electron chi connectivity index (χ0n) is 12.7. The molecular weight excluding hydrogens is 260 g/mol. The number of benzene rings is 2. The van der Waals surface area contributed by atoms with E-state index in [1.54, 1.807) is 4.90 Å². The molecule has 0 unspecified atom stereocenters. The van der Waals surface area contributed by atoms with Crippen molar-refractivity contribution >= 4 is 11.6 Å². The van der Waals surface area contributed by atoms with Gasteiger partial charge in [-0.1, -0.05) is 42.0 Å². The quantitative estimate of drug-likeness (QED) is 0.916. The molecule has 0 bridgehead atoms. The van der Waals surface area contributed by atoms with Crippen molar-refractivity contribution in [2.45, 2.75) is 26.3 Å². The molecule has 0 fully saturated rings. The van der Waals surface area contributed by atoms with Gasteiger partial charge in [-0.05, 0) is 36.6 Å². The Balaban J connectivity index is 1.99. The Morgan fingerprint density at radius 1 is 1.10 bits per heavy atom. The van der Waals surface area contributed by atoms with Crippen LogP contribution in [0.4, 0.5) is 5.69 Å². The molecule has 3 heteroatoms. The predicted octanol–water partition coefficient (Wildman–Crippen LogP) is 3.05. The summed E-state index contributed by atoms with van der Waals surface area (Å²) in [6.45, 7) is 2.55. The first-order valence-corrected chi connectivity index (χ1v) is 7.21. The maximum absolute atomic E-state index is 12.3. The van der Waals surface area contributed by atoms with E-state index in [9.17, 15) is 4.79 Å². The molecule has 2 N–H and O–H groups in total. The molecule has 0 atom stereocenters. The first kappa shape index (κ1) is 15.3. The normalized spacial score (nSPS) is 10.4. The molecule has 2 rings (SSSR count). The van der Waals surface area contributed by atoms with Crippen molar-refractivity contribution < 1.29 is 4.79 Å². The average Bonchev–Trinajstić information content (AvgIpc) is 2.52. The number of hydrogen-bond acceptors (Lipinski definition) is 2. The summed E-state index contributed by atoms with van der Waals surface area (Å²) in [7, 11) is 1.81. The van der Waals surface area contributed by atoms with Gasteiger partial charge < -0.3 is 10.6 Å². The summed E-state index contributed by atoms with van der Waals surface area (Å²) in [5, 5.41) is 0. The summed E-state index contributed by atoms with van der Waals surface area (Å²) in [5.41, 5.74) is 10.00. The Labute approximate surface area is 126 Å². The van der Waals surface area contributed by atoms with Crippen LogP contribution >= 0.6 is 0 Å². The van der Waals surface area contributed by atoms with Gasteiger partial charge in [0.1, 0.15) is 0 Å². The second kappa shape index (κ2) is 7.04. The lowest BCUT2D eigenvalue weighted by Gasteiger charge is -2.18. The first-order chi connectivity index (χ1) is 10.1. The minimum absolute atomic E-state index is 0.116. The molecule has 21 heavy (non-hydrogen) atoms. The number of carbonyl (C=O) groups is 1. The van der Waals surface area contributed by atoms with Crippen molar-refractivity contribution in [1.29, 1.82) is 0 Å². The van der Waals surface area contributed by atoms with E-state index in [1.165, 1.54) is 11.1 Å². The fourth-order valence-corrected chi connectivity index (χ4v) is 2.32. The summed E-state index contributed by atoms with van der Waals surface area (Å²) in [5.74, 6) is 0.116. The molecule has 0 saturated carbocycles. The van der Waals surface area contributed by atoms with Crippen LogP contribution in [0.1, 0.15) is 23.1 Å². The molecule has 0 aliphatic heterocycles. The summed E-state index contributed by atoms with van der Waals surface area (Å²) in [6.07, 6.45) is 1.27. The van der Waals surface area contributed by atoms with E-state index < -0.39 is 0 Å². The number of aryl methyl sites for hydroxylation is 2. The second-order valence-corrected chi connectivity index (χ2v) is 5.32. The molecule has 0 aliphatic rings. The lowest BCUT2D eigenvalue weighted by atomic mass is 10.1. The van der Waals surface area contributed by atoms with Crippen LogP contribution < -0.4 is 10.6 Å². The first-order valence-electron chi connectivity index (χ1n) is 7.21. The SMILES string of the molecule is Cc1cccc(CCC(=O)N(C)c2cccc(CN)c2)c1. The summed E-state index contributed by atoms with van der Waals surface area (Å²) < 4.78 is 0. The number of anilines is 1. The minimum Gasteiger partial charge on any atom is -0.326 e. The Kier molecular flexibility index (Phi) is 5.12. The molecular formula is C18H22N2O. The molecule has 1 amide bonds. The Bertz CT molecular complexity index is 622. The summed E-state index contributed by atoms with van der Waals surface area (Å²) in [6, 6.07) is 16.1. The number of nitrogens with two attached hydrogens (primary N) is 1. The highest BCUT2D eigenvalue weighted by molar-refractivity contribution is 5.92. The van der Waals surface area contributed by atoms with E-state index in [1.807, 2.05) is 37.4 Å². The standard InChI is InChI=1S/C18H22N2O/c1-14-5-3-6-15(11-14)9-10-18(21)20(2)17-8-4-7-16(12-17)13-19/h3-8,11-12H,9-10,13,19H2,1-2H3. The lowest BCUT2D eigenvalue weighted by Crippen LogP contribution is -2.26. The topological polar surface area (TPSA) is 46.3 Å². The Hall–Kier alpha value is -2.13. The zero-order chi connectivity index (χ0) is 15.2. The van der Waals surface area contributed by atoms with Crippen LogP contribution in [-0.4, -0.2) is 13.0 Å². The highest BCUT2D eigenvalue weighted by Crippen LogP contribution is 2.16. The molecule has 0 aromatic heterocycles. The maximum atomic E-state index is 12.3. The van der Waals surface area contributed by atoms with Crippen LogP contribution in [0.5, 0.6) is 0 Å². The molecule has 0 saturated heterocycles. The number of hydrogen-bond donors (Lipinski definition) is 1. The van der Waals surface area contributed by atoms with Gasteiger partial charge in [0.15, 0.2) is 0 Å². The smallest absolute Gasteiger partial charge is 0.227 e. The fourth-order valence-electron chi connectivity index (χ4n) is 2.32. The lowest BCUT2D eigenvalue weighted by molar-refractivity contribution is -0.118. The molecule has 0 heterocycles. The van der Waals surface area contributed by atoms with Gasteiger partial charge >= 0.3 is 0 Å². The molecule has 2 aromatic carbocycles. The molecule has 110 valence electrons. The van der Waals surface area contributed by atoms with Crippen LogP contribution in [0.3, 0.4) is 0 Å². The van der Waals surface area contributed by atoms with Gasteiger partial charge in [-0.25, -0.2) is 0 Å². The van der Waals surface area contributed by atoms with Crippen LogP contribution in [-0.2, 0) is 17.8 Å². The summed E-state index contributed by atoms with van der Waals surface area (Å²) >= 11 is 0. The van der Waals surface area contributed by atoms with Crippen molar-refractivity contribution in [3.05, 3.63) is 65.2 Å². The molecule has 0 radical (unpaired) electrons. The molecule has 0 aliphatic carbocycles. The summed E-state index contributed by atoms with van der Waals surface area (Å²) in [4.78, 5) is 14.0. The van der Waals surface area contributed by atoms with E-state index in [0.29, 0.717) is 13.0 Å². The Morgan fingerprint density at radius 2 is 1.81 bits per heavy atom. The second-order valence-electron chi connectivity index (χ2n) is 5.32. The monoisotopic (exact) mass is 282 g/mol. The number of carbonyl (C=O) groups excluding carboxylic acids is 1. The van der Waals surface area contributed by atoms with E-state index in [-0.39, 0.29) is 5.91 Å². The van der Waals surface area contributed by atoms with Crippen LogP contribution in [0.2, 0.25) is 0 Å². The van der Waals surface area contributed by atoms with Crippen molar-refractivity contribution in [1.82, 2.24) is 0 Å². The van der Waals surface area contributed by atoms with Crippen molar-refractivity contribution in [3.8, 4) is 0 Å². The van der Waals surface area contributed by atoms with Gasteiger partial charge in [-0.3, -0.25) is 4.79 Å². The van der Waals surface area contributed by atoms with Gasteiger partial charge in [0.05, 0.1) is 0 Å². The van der Waals surface area contributed by atoms with Gasteiger partial charge in [-0.2, -0.15) is 0 Å². The van der Waals surface area contributed by atoms with Crippen molar-refractivity contribution in [2.24, 2.45) is 5.73 Å². The van der Waals surface area contributed by atoms with Gasteiger partial charge in [0.25, 0.3) is 0 Å². The molecule has 0 spiro atoms. The van der Waals surface area contributed by atoms with E-state index in [2.05, 4.69) is 25.1 Å². The third-order valence-corrected chi connectivity index (χ3v) is 3.62. The van der Waals surface area contributed by atoms with Crippen LogP contribution in [0, 0.1) is 6.92 Å². The third kappa shape index (κ3) is 4.17. The number of amides is 1. The minimum atomic E-state index is 0.116. The largest absolute Gasteiger partial charge is 0.326 e. The van der Waals surface area contributed by atoms with Gasteiger partial charge in [0.2, 0.25) is 5.91 Å². The highest BCUT2D eigenvalue weighted by Gasteiger charge is 2.11. The van der Waals surface area contributed by atoms with Crippen LogP contribution in [0.25, 0.3) is 0 Å². The maximum Gasteiger partial charge on any atom is 0.227 e. The van der Waals surface area contributed by atoms with Gasteiger partial charge in [0, 0.05) is 25.7 Å². The predicted molar refractivity (Wildman–Crippen MR) is 87.2 cm³/mol. The van der Waals surface area contributed by atoms with Crippen molar-refractivity contribution in [3.63, 3.8) is 0 Å². The van der Waals surface area contributed by atoms with E-state index >= 15 is 0 Å². The van der Waals surface area contributed by atoms with E-state index in [4.69, 9.17) is 5.73 Å². The zero-order valence-corrected chi connectivity index (χ0v) is 12.7. The Morgan fingerprint density at radius 3 is 2.52 bits per heavy atom. The van der Waals surface area contributed by atoms with Crippen molar-refractivity contribution in [2.75, 3.05) is 11.9 Å². The fraction of sp³-hybridized carbons (Fsp3) is 0.278. The third-order valence-electron chi connectivity index (χ3n) is 3.62. The van der Waals surface area contributed by atoms with E-state index in [0.717, 1.165) is 17.7 Å². The number of nitrogens with zero attached hydrogens (tertiary/aromatic N) is 1. The molecule has 3 nitrogen and oxygen atoms in total. The average molecular weight is 282 g/mol. The highest BCUT2D eigenvalue weighted by atomic mass is 16.2.